The molecule has 2 aromatic rings. The Morgan fingerprint density at radius 3 is 3.05 bits per heavy atom. The minimum Gasteiger partial charge on any atom is -0.298 e. The van der Waals surface area contributed by atoms with Crippen molar-refractivity contribution in [3.8, 4) is 0 Å². The molecule has 0 radical (unpaired) electrons. The molecule has 114 valence electrons. The molecule has 2 aromatic heterocycles. The average molecular weight is 305 g/mol. The third-order valence-electron chi connectivity index (χ3n) is 3.96. The van der Waals surface area contributed by atoms with Crippen LogP contribution in [-0.2, 0) is 13.1 Å². The van der Waals surface area contributed by atoms with Crippen LogP contribution in [0.2, 0.25) is 0 Å². The van der Waals surface area contributed by atoms with Crippen molar-refractivity contribution in [2.75, 3.05) is 13.1 Å². The van der Waals surface area contributed by atoms with E-state index >= 15 is 0 Å². The van der Waals surface area contributed by atoms with Crippen LogP contribution in [0.4, 0.5) is 0 Å². The van der Waals surface area contributed by atoms with Crippen LogP contribution in [-0.4, -0.2) is 37.7 Å². The first kappa shape index (κ1) is 14.7. The van der Waals surface area contributed by atoms with Gasteiger partial charge in [-0.1, -0.05) is 13.8 Å². The van der Waals surface area contributed by atoms with Gasteiger partial charge in [-0.25, -0.2) is 9.97 Å². The highest BCUT2D eigenvalue weighted by Gasteiger charge is 2.21. The molecule has 1 unspecified atom stereocenters. The van der Waals surface area contributed by atoms with Crippen LogP contribution in [0.15, 0.2) is 18.9 Å². The maximum Gasteiger partial charge on any atom is 0.137 e. The molecular weight excluding hydrogens is 282 g/mol. The normalized spacial score (nSPS) is 20.2. The molecule has 5 nitrogen and oxygen atoms in total. The summed E-state index contributed by atoms with van der Waals surface area (Å²) in [4.78, 5) is 12.5. The fourth-order valence-electron chi connectivity index (χ4n) is 2.92. The van der Waals surface area contributed by atoms with E-state index in [9.17, 15) is 0 Å². The number of hydrogen-bond acceptors (Lipinski definition) is 5. The summed E-state index contributed by atoms with van der Waals surface area (Å²) >= 11 is 1.86. The third kappa shape index (κ3) is 3.89. The van der Waals surface area contributed by atoms with Gasteiger partial charge in [0.05, 0.1) is 5.01 Å². The van der Waals surface area contributed by atoms with E-state index in [-0.39, 0.29) is 0 Å². The fourth-order valence-corrected chi connectivity index (χ4v) is 3.88. The number of likely N-dealkylation sites (tertiary alicyclic amines) is 1. The van der Waals surface area contributed by atoms with Gasteiger partial charge in [-0.05, 0) is 25.3 Å². The Balaban J connectivity index is 1.55. The first-order chi connectivity index (χ1) is 10.2. The summed E-state index contributed by atoms with van der Waals surface area (Å²) in [6, 6.07) is 0. The van der Waals surface area contributed by atoms with Gasteiger partial charge in [-0.2, -0.15) is 5.10 Å². The van der Waals surface area contributed by atoms with E-state index in [1.165, 1.54) is 29.3 Å². The lowest BCUT2D eigenvalue weighted by Gasteiger charge is -2.32. The number of rotatable bonds is 5. The fraction of sp³-hybridized carbons (Fsp3) is 0.667. The number of nitrogens with zero attached hydrogens (tertiary/aromatic N) is 5. The molecular formula is C15H23N5S. The van der Waals surface area contributed by atoms with Crippen molar-refractivity contribution in [1.29, 1.82) is 0 Å². The van der Waals surface area contributed by atoms with Crippen LogP contribution in [0.1, 0.15) is 42.5 Å². The quantitative estimate of drug-likeness (QED) is 0.852. The molecule has 0 aliphatic carbocycles. The summed E-state index contributed by atoms with van der Waals surface area (Å²) < 4.78 is 1.96. The summed E-state index contributed by atoms with van der Waals surface area (Å²) in [5.74, 6) is 1.21. The monoisotopic (exact) mass is 305 g/mol. The number of aromatic nitrogens is 4. The molecule has 3 rings (SSSR count). The molecule has 6 heteroatoms. The van der Waals surface area contributed by atoms with Crippen molar-refractivity contribution in [2.24, 2.45) is 5.92 Å². The zero-order chi connectivity index (χ0) is 14.7. The highest BCUT2D eigenvalue weighted by atomic mass is 32.1. The lowest BCUT2D eigenvalue weighted by molar-refractivity contribution is 0.154. The van der Waals surface area contributed by atoms with Crippen molar-refractivity contribution in [3.63, 3.8) is 0 Å². The van der Waals surface area contributed by atoms with Crippen LogP contribution in [0.3, 0.4) is 0 Å². The largest absolute Gasteiger partial charge is 0.298 e. The summed E-state index contributed by atoms with van der Waals surface area (Å²) in [5, 5.41) is 5.47. The summed E-state index contributed by atoms with van der Waals surface area (Å²) in [6.07, 6.45) is 8.05. The molecule has 1 saturated heterocycles. The molecule has 1 aliphatic heterocycles. The van der Waals surface area contributed by atoms with E-state index < -0.39 is 0 Å². The van der Waals surface area contributed by atoms with Gasteiger partial charge in [0, 0.05) is 36.6 Å². The van der Waals surface area contributed by atoms with Gasteiger partial charge >= 0.3 is 0 Å². The van der Waals surface area contributed by atoms with Crippen molar-refractivity contribution in [2.45, 2.75) is 45.7 Å². The predicted octanol–water partition coefficient (Wildman–Crippen LogP) is 2.77. The highest BCUT2D eigenvalue weighted by Crippen LogP contribution is 2.25. The van der Waals surface area contributed by atoms with E-state index in [0.717, 1.165) is 19.6 Å². The highest BCUT2D eigenvalue weighted by molar-refractivity contribution is 7.11. The van der Waals surface area contributed by atoms with E-state index in [1.54, 1.807) is 6.33 Å². The van der Waals surface area contributed by atoms with E-state index in [0.29, 0.717) is 11.8 Å². The Labute approximate surface area is 130 Å². The summed E-state index contributed by atoms with van der Waals surface area (Å²) in [7, 11) is 0. The first-order valence-electron chi connectivity index (χ1n) is 7.70. The van der Waals surface area contributed by atoms with Gasteiger partial charge in [0.15, 0.2) is 0 Å². The molecule has 1 fully saturated rings. The van der Waals surface area contributed by atoms with Crippen molar-refractivity contribution in [3.05, 3.63) is 28.7 Å². The predicted molar refractivity (Wildman–Crippen MR) is 84.2 cm³/mol. The maximum atomic E-state index is 4.53. The van der Waals surface area contributed by atoms with Crippen molar-refractivity contribution < 1.29 is 0 Å². The maximum absolute atomic E-state index is 4.53. The lowest BCUT2D eigenvalue weighted by atomic mass is 9.98. The zero-order valence-electron chi connectivity index (χ0n) is 12.8. The standard InChI is InChI=1S/C15H23N5S/c1-12(2)15-17-6-14(21-15)9-19-5-3-4-13(7-19)8-20-11-16-10-18-20/h6,10-13H,3-5,7-9H2,1-2H3. The Morgan fingerprint density at radius 1 is 1.43 bits per heavy atom. The molecule has 0 saturated carbocycles. The van der Waals surface area contributed by atoms with Crippen LogP contribution in [0, 0.1) is 5.92 Å². The molecule has 0 amide bonds. The number of thiazole rings is 1. The van der Waals surface area contributed by atoms with Gasteiger partial charge in [-0.3, -0.25) is 9.58 Å². The molecule has 0 aromatic carbocycles. The van der Waals surface area contributed by atoms with Crippen LogP contribution in [0.25, 0.3) is 0 Å². The van der Waals surface area contributed by atoms with Gasteiger partial charge in [0.2, 0.25) is 0 Å². The summed E-state index contributed by atoms with van der Waals surface area (Å²) in [6.45, 7) is 8.78. The van der Waals surface area contributed by atoms with Gasteiger partial charge in [0.25, 0.3) is 0 Å². The topological polar surface area (TPSA) is 46.8 Å². The SMILES string of the molecule is CC(C)c1ncc(CN2CCCC(Cn3cncn3)C2)s1. The van der Waals surface area contributed by atoms with E-state index in [2.05, 4.69) is 40.0 Å². The van der Waals surface area contributed by atoms with Gasteiger partial charge in [0.1, 0.15) is 12.7 Å². The number of piperidine rings is 1. The van der Waals surface area contributed by atoms with Gasteiger partial charge < -0.3 is 0 Å². The zero-order valence-corrected chi connectivity index (χ0v) is 13.6. The first-order valence-corrected chi connectivity index (χ1v) is 8.51. The Morgan fingerprint density at radius 2 is 2.33 bits per heavy atom. The Kier molecular flexibility index (Phi) is 4.65. The Hall–Kier alpha value is -1.27. The smallest absolute Gasteiger partial charge is 0.137 e. The van der Waals surface area contributed by atoms with Crippen molar-refractivity contribution in [1.82, 2.24) is 24.6 Å². The number of hydrogen-bond donors (Lipinski definition) is 0. The van der Waals surface area contributed by atoms with Crippen LogP contribution in [0.5, 0.6) is 0 Å². The molecule has 0 spiro atoms. The Bertz CT molecular complexity index is 548. The lowest BCUT2D eigenvalue weighted by Crippen LogP contribution is -2.36. The third-order valence-corrected chi connectivity index (χ3v) is 5.24. The molecule has 1 atom stereocenters. The molecule has 0 bridgehead atoms. The second kappa shape index (κ2) is 6.66. The van der Waals surface area contributed by atoms with Crippen LogP contribution >= 0.6 is 11.3 Å². The van der Waals surface area contributed by atoms with Crippen LogP contribution < -0.4 is 0 Å². The van der Waals surface area contributed by atoms with E-state index in [4.69, 9.17) is 0 Å². The van der Waals surface area contributed by atoms with Crippen molar-refractivity contribution >= 4 is 11.3 Å². The molecule has 0 N–H and O–H groups in total. The molecule has 21 heavy (non-hydrogen) atoms. The minimum absolute atomic E-state index is 0.533. The van der Waals surface area contributed by atoms with Gasteiger partial charge in [-0.15, -0.1) is 11.3 Å². The molecule has 3 heterocycles. The average Bonchev–Trinajstić information content (AvgIpc) is 3.11. The second-order valence-corrected chi connectivity index (χ2v) is 7.33. The second-order valence-electron chi connectivity index (χ2n) is 6.18. The molecule has 1 aliphatic rings. The summed E-state index contributed by atoms with van der Waals surface area (Å²) in [5.41, 5.74) is 0. The minimum atomic E-state index is 0.533. The van der Waals surface area contributed by atoms with E-state index in [1.807, 2.05) is 22.3 Å².